The Morgan fingerprint density at radius 2 is 2.24 bits per heavy atom. The van der Waals surface area contributed by atoms with E-state index in [0.717, 1.165) is 39.3 Å². The summed E-state index contributed by atoms with van der Waals surface area (Å²) in [6.45, 7) is 2.01. The molecule has 0 aliphatic rings. The van der Waals surface area contributed by atoms with E-state index in [1.54, 1.807) is 17.6 Å². The Bertz CT molecular complexity index is 830. The summed E-state index contributed by atoms with van der Waals surface area (Å²) in [6, 6.07) is 11.9. The van der Waals surface area contributed by atoms with Crippen LogP contribution in [-0.2, 0) is 17.6 Å². The monoisotopic (exact) mass is 418 g/mol. The first kappa shape index (κ1) is 17.9. The van der Waals surface area contributed by atoms with Crippen molar-refractivity contribution in [1.82, 2.24) is 10.3 Å². The second-order valence-corrected chi connectivity index (χ2v) is 7.69. The number of thiazole rings is 1. The quantitative estimate of drug-likeness (QED) is 0.596. The van der Waals surface area contributed by atoms with Crippen molar-refractivity contribution in [2.75, 3.05) is 0 Å². The Morgan fingerprint density at radius 3 is 3.00 bits per heavy atom. The number of benzene rings is 1. The maximum Gasteiger partial charge on any atom is 0.226 e. The van der Waals surface area contributed by atoms with Gasteiger partial charge in [0.2, 0.25) is 5.91 Å². The summed E-state index contributed by atoms with van der Waals surface area (Å²) in [6.07, 6.45) is 3.64. The first-order valence-electron chi connectivity index (χ1n) is 8.12. The number of hydrogen-bond acceptors (Lipinski definition) is 4. The summed E-state index contributed by atoms with van der Waals surface area (Å²) in [5, 5.41) is 5.90. The van der Waals surface area contributed by atoms with E-state index in [9.17, 15) is 4.79 Å². The first-order chi connectivity index (χ1) is 12.1. The number of nitrogens with zero attached hydrogens (tertiary/aromatic N) is 1. The lowest BCUT2D eigenvalue weighted by Crippen LogP contribution is -2.34. The highest BCUT2D eigenvalue weighted by Crippen LogP contribution is 2.26. The van der Waals surface area contributed by atoms with Gasteiger partial charge >= 0.3 is 0 Å². The fourth-order valence-electron chi connectivity index (χ4n) is 2.52. The SMILES string of the molecule is CC(CCc1ccco1)NC(=O)Cc1csc(-c2cccc(Br)c2)n1. The lowest BCUT2D eigenvalue weighted by Gasteiger charge is -2.12. The number of halogens is 1. The molecule has 1 N–H and O–H groups in total. The van der Waals surface area contributed by atoms with Gasteiger partial charge in [0, 0.05) is 27.9 Å². The van der Waals surface area contributed by atoms with Crippen molar-refractivity contribution in [2.45, 2.75) is 32.2 Å². The second kappa shape index (κ2) is 8.45. The van der Waals surface area contributed by atoms with Crippen molar-refractivity contribution >= 4 is 33.2 Å². The average molecular weight is 419 g/mol. The van der Waals surface area contributed by atoms with Gasteiger partial charge in [-0.1, -0.05) is 28.1 Å². The van der Waals surface area contributed by atoms with Crippen LogP contribution in [0.15, 0.2) is 56.9 Å². The number of nitrogens with one attached hydrogen (secondary N) is 1. The van der Waals surface area contributed by atoms with Gasteiger partial charge in [0.15, 0.2) is 0 Å². The highest BCUT2D eigenvalue weighted by molar-refractivity contribution is 9.10. The minimum absolute atomic E-state index is 0.00182. The average Bonchev–Trinajstić information content (AvgIpc) is 3.24. The molecule has 6 heteroatoms. The Kier molecular flexibility index (Phi) is 6.04. The third kappa shape index (κ3) is 5.28. The topological polar surface area (TPSA) is 55.1 Å². The van der Waals surface area contributed by atoms with Crippen LogP contribution in [0, 0.1) is 0 Å². The van der Waals surface area contributed by atoms with E-state index in [1.165, 1.54) is 0 Å². The molecule has 0 saturated carbocycles. The number of aryl methyl sites for hydroxylation is 1. The molecule has 0 bridgehead atoms. The molecule has 130 valence electrons. The van der Waals surface area contributed by atoms with Crippen molar-refractivity contribution in [3.63, 3.8) is 0 Å². The lowest BCUT2D eigenvalue weighted by atomic mass is 10.1. The molecule has 0 radical (unpaired) electrons. The number of carbonyl (C=O) groups excluding carboxylic acids is 1. The van der Waals surface area contributed by atoms with Crippen LogP contribution in [0.1, 0.15) is 24.8 Å². The summed E-state index contributed by atoms with van der Waals surface area (Å²) in [4.78, 5) is 16.8. The van der Waals surface area contributed by atoms with Gasteiger partial charge in [0.1, 0.15) is 10.8 Å². The summed E-state index contributed by atoms with van der Waals surface area (Å²) >= 11 is 5.03. The van der Waals surface area contributed by atoms with Crippen LogP contribution in [0.25, 0.3) is 10.6 Å². The van der Waals surface area contributed by atoms with Crippen LogP contribution in [0.3, 0.4) is 0 Å². The fraction of sp³-hybridized carbons (Fsp3) is 0.263. The molecule has 3 aromatic rings. The number of carbonyl (C=O) groups is 1. The Labute approximate surface area is 159 Å². The molecule has 1 aromatic carbocycles. The Hall–Kier alpha value is -1.92. The third-order valence-corrected chi connectivity index (χ3v) is 5.21. The molecule has 0 aliphatic carbocycles. The molecule has 3 rings (SSSR count). The summed E-state index contributed by atoms with van der Waals surface area (Å²) in [7, 11) is 0. The van der Waals surface area contributed by atoms with Crippen molar-refractivity contribution in [3.05, 3.63) is 64.0 Å². The summed E-state index contributed by atoms with van der Waals surface area (Å²) in [5.74, 6) is 0.942. The molecule has 0 fully saturated rings. The maximum absolute atomic E-state index is 12.2. The molecule has 0 aliphatic heterocycles. The highest BCUT2D eigenvalue weighted by Gasteiger charge is 2.12. The second-order valence-electron chi connectivity index (χ2n) is 5.92. The van der Waals surface area contributed by atoms with Gasteiger partial charge in [-0.3, -0.25) is 4.79 Å². The van der Waals surface area contributed by atoms with Crippen LogP contribution in [0.5, 0.6) is 0 Å². The van der Waals surface area contributed by atoms with Gasteiger partial charge in [0.25, 0.3) is 0 Å². The number of amides is 1. The number of furan rings is 1. The van der Waals surface area contributed by atoms with Crippen LogP contribution in [0.4, 0.5) is 0 Å². The normalized spacial score (nSPS) is 12.1. The van der Waals surface area contributed by atoms with Crippen LogP contribution in [0.2, 0.25) is 0 Å². The van der Waals surface area contributed by atoms with Gasteiger partial charge < -0.3 is 9.73 Å². The number of rotatable bonds is 7. The molecule has 1 atom stereocenters. The lowest BCUT2D eigenvalue weighted by molar-refractivity contribution is -0.121. The summed E-state index contributed by atoms with van der Waals surface area (Å²) in [5.41, 5.74) is 1.86. The van der Waals surface area contributed by atoms with E-state index in [0.29, 0.717) is 6.42 Å². The van der Waals surface area contributed by atoms with Gasteiger partial charge in [-0.15, -0.1) is 11.3 Å². The van der Waals surface area contributed by atoms with E-state index in [-0.39, 0.29) is 11.9 Å². The van der Waals surface area contributed by atoms with Gasteiger partial charge in [0.05, 0.1) is 18.4 Å². The molecule has 2 heterocycles. The summed E-state index contributed by atoms with van der Waals surface area (Å²) < 4.78 is 6.33. The largest absolute Gasteiger partial charge is 0.469 e. The fourth-order valence-corrected chi connectivity index (χ4v) is 3.73. The van der Waals surface area contributed by atoms with Crippen molar-refractivity contribution in [1.29, 1.82) is 0 Å². The van der Waals surface area contributed by atoms with E-state index >= 15 is 0 Å². The zero-order valence-corrected chi connectivity index (χ0v) is 16.3. The van der Waals surface area contributed by atoms with Crippen LogP contribution in [-0.4, -0.2) is 16.9 Å². The first-order valence-corrected chi connectivity index (χ1v) is 9.79. The molecule has 1 unspecified atom stereocenters. The van der Waals surface area contributed by atoms with E-state index in [1.807, 2.05) is 48.7 Å². The van der Waals surface area contributed by atoms with E-state index < -0.39 is 0 Å². The van der Waals surface area contributed by atoms with Crippen LogP contribution >= 0.6 is 27.3 Å². The molecule has 25 heavy (non-hydrogen) atoms. The van der Waals surface area contributed by atoms with E-state index in [2.05, 4.69) is 26.2 Å². The van der Waals surface area contributed by atoms with Crippen LogP contribution < -0.4 is 5.32 Å². The highest BCUT2D eigenvalue weighted by atomic mass is 79.9. The zero-order valence-electron chi connectivity index (χ0n) is 13.9. The molecule has 1 amide bonds. The molecular formula is C19H19BrN2O2S. The predicted octanol–water partition coefficient (Wildman–Crippen LogP) is 4.85. The van der Waals surface area contributed by atoms with Crippen molar-refractivity contribution < 1.29 is 9.21 Å². The molecular weight excluding hydrogens is 400 g/mol. The maximum atomic E-state index is 12.2. The standard InChI is InChI=1S/C19H19BrN2O2S/c1-13(7-8-17-6-3-9-24-17)21-18(23)11-16-12-25-19(22-16)14-4-2-5-15(20)10-14/h2-6,9-10,12-13H,7-8,11H2,1H3,(H,21,23). The molecule has 0 saturated heterocycles. The minimum Gasteiger partial charge on any atom is -0.469 e. The number of hydrogen-bond donors (Lipinski definition) is 1. The number of aromatic nitrogens is 1. The van der Waals surface area contributed by atoms with Crippen molar-refractivity contribution in [2.24, 2.45) is 0 Å². The van der Waals surface area contributed by atoms with Gasteiger partial charge in [-0.25, -0.2) is 4.98 Å². The predicted molar refractivity (Wildman–Crippen MR) is 104 cm³/mol. The van der Waals surface area contributed by atoms with E-state index in [4.69, 9.17) is 4.42 Å². The molecule has 0 spiro atoms. The van der Waals surface area contributed by atoms with Gasteiger partial charge in [-0.05, 0) is 37.6 Å². The minimum atomic E-state index is -0.00182. The van der Waals surface area contributed by atoms with Crippen molar-refractivity contribution in [3.8, 4) is 10.6 Å². The molecule has 2 aromatic heterocycles. The Balaban J connectivity index is 1.51. The smallest absolute Gasteiger partial charge is 0.226 e. The van der Waals surface area contributed by atoms with Gasteiger partial charge in [-0.2, -0.15) is 0 Å². The Morgan fingerprint density at radius 1 is 1.36 bits per heavy atom. The molecule has 4 nitrogen and oxygen atoms in total. The zero-order chi connectivity index (χ0) is 17.6. The third-order valence-electron chi connectivity index (χ3n) is 3.78.